The number of rotatable bonds is 7. The van der Waals surface area contributed by atoms with E-state index in [1.54, 1.807) is 16.9 Å². The van der Waals surface area contributed by atoms with Gasteiger partial charge in [-0.05, 0) is 43.9 Å². The molecule has 1 aromatic carbocycles. The second kappa shape index (κ2) is 7.50. The molecule has 2 aromatic rings. The molecule has 1 saturated carbocycles. The van der Waals surface area contributed by atoms with E-state index < -0.39 is 11.8 Å². The van der Waals surface area contributed by atoms with E-state index >= 15 is 0 Å². The number of aryl methyl sites for hydroxylation is 1. The molecular weight excluding hydrogens is 372 g/mol. The summed E-state index contributed by atoms with van der Waals surface area (Å²) in [7, 11) is 1.67. The monoisotopic (exact) mass is 398 g/mol. The molecule has 1 aromatic heterocycles. The maximum absolute atomic E-state index is 12.2. The Kier molecular flexibility index (Phi) is 5.02. The maximum Gasteiger partial charge on any atom is 0.312 e. The van der Waals surface area contributed by atoms with Crippen molar-refractivity contribution in [2.24, 2.45) is 0 Å². The van der Waals surface area contributed by atoms with E-state index in [0.29, 0.717) is 44.3 Å². The van der Waals surface area contributed by atoms with Gasteiger partial charge in [0.25, 0.3) is 0 Å². The average molecular weight is 398 g/mol. The van der Waals surface area contributed by atoms with Crippen LogP contribution < -0.4 is 4.74 Å². The van der Waals surface area contributed by atoms with Crippen molar-refractivity contribution in [2.75, 3.05) is 33.3 Å². The lowest BCUT2D eigenvalue weighted by molar-refractivity contribution is -0.155. The molecule has 0 atom stereocenters. The zero-order valence-corrected chi connectivity index (χ0v) is 17.1. The van der Waals surface area contributed by atoms with Crippen molar-refractivity contribution in [1.29, 1.82) is 0 Å². The Bertz CT molecular complexity index is 935. The molecule has 0 N–H and O–H groups in total. The Morgan fingerprint density at radius 3 is 2.59 bits per heavy atom. The summed E-state index contributed by atoms with van der Waals surface area (Å²) in [5, 5.41) is 4.12. The third-order valence-corrected chi connectivity index (χ3v) is 5.97. The van der Waals surface area contributed by atoms with Crippen LogP contribution in [0.2, 0.25) is 0 Å². The van der Waals surface area contributed by atoms with Gasteiger partial charge < -0.3 is 19.1 Å². The molecule has 0 bridgehead atoms. The van der Waals surface area contributed by atoms with Gasteiger partial charge in [0.1, 0.15) is 5.75 Å². The number of benzene rings is 1. The molecule has 0 radical (unpaired) electrons. The molecule has 0 spiro atoms. The van der Waals surface area contributed by atoms with Crippen LogP contribution in [0.5, 0.6) is 5.75 Å². The minimum Gasteiger partial charge on any atom is -0.496 e. The third kappa shape index (κ3) is 3.47. The Balaban J connectivity index is 1.44. The number of piperazine rings is 1. The van der Waals surface area contributed by atoms with Crippen molar-refractivity contribution in [3.63, 3.8) is 0 Å². The molecule has 8 heteroatoms. The van der Waals surface area contributed by atoms with Crippen LogP contribution in [0.25, 0.3) is 0 Å². The first-order chi connectivity index (χ1) is 14.0. The van der Waals surface area contributed by atoms with Crippen molar-refractivity contribution in [3.8, 4) is 5.75 Å². The molecule has 2 amide bonds. The van der Waals surface area contributed by atoms with Crippen LogP contribution in [0.1, 0.15) is 42.6 Å². The van der Waals surface area contributed by atoms with Crippen LogP contribution in [0, 0.1) is 6.92 Å². The highest BCUT2D eigenvalue weighted by Gasteiger charge is 2.51. The number of amides is 2. The molecule has 29 heavy (non-hydrogen) atoms. The molecule has 2 aliphatic rings. The van der Waals surface area contributed by atoms with Crippen LogP contribution in [-0.4, -0.2) is 65.0 Å². The quantitative estimate of drug-likeness (QED) is 0.660. The van der Waals surface area contributed by atoms with E-state index in [-0.39, 0.29) is 5.41 Å². The van der Waals surface area contributed by atoms with Gasteiger partial charge in [-0.1, -0.05) is 17.3 Å². The molecule has 1 aliphatic heterocycles. The summed E-state index contributed by atoms with van der Waals surface area (Å²) >= 11 is 0. The summed E-state index contributed by atoms with van der Waals surface area (Å²) in [5.41, 5.74) is 1.96. The Labute approximate surface area is 169 Å². The smallest absolute Gasteiger partial charge is 0.312 e. The van der Waals surface area contributed by atoms with Crippen LogP contribution >= 0.6 is 0 Å². The van der Waals surface area contributed by atoms with Gasteiger partial charge in [-0.25, -0.2) is 0 Å². The van der Waals surface area contributed by atoms with E-state index in [2.05, 4.69) is 16.2 Å². The van der Waals surface area contributed by atoms with Crippen molar-refractivity contribution in [1.82, 2.24) is 19.9 Å². The lowest BCUT2D eigenvalue weighted by Crippen LogP contribution is -2.54. The van der Waals surface area contributed by atoms with Crippen molar-refractivity contribution in [3.05, 3.63) is 41.0 Å². The summed E-state index contributed by atoms with van der Waals surface area (Å²) in [6.07, 6.45) is 2.36. The molecular formula is C21H26N4O4. The predicted molar refractivity (Wildman–Crippen MR) is 105 cm³/mol. The van der Waals surface area contributed by atoms with E-state index in [9.17, 15) is 9.59 Å². The zero-order chi connectivity index (χ0) is 20.6. The zero-order valence-electron chi connectivity index (χ0n) is 17.1. The summed E-state index contributed by atoms with van der Waals surface area (Å²) < 4.78 is 11.0. The van der Waals surface area contributed by atoms with E-state index in [1.165, 1.54) is 0 Å². The van der Waals surface area contributed by atoms with Crippen molar-refractivity contribution >= 4 is 11.8 Å². The van der Waals surface area contributed by atoms with Crippen LogP contribution in [0.4, 0.5) is 0 Å². The van der Waals surface area contributed by atoms with Crippen LogP contribution in [-0.2, 0) is 21.4 Å². The second-order valence-electron chi connectivity index (χ2n) is 7.71. The summed E-state index contributed by atoms with van der Waals surface area (Å²) in [6.45, 7) is 5.95. The number of hydrogen-bond acceptors (Lipinski definition) is 6. The van der Waals surface area contributed by atoms with Gasteiger partial charge in [-0.15, -0.1) is 0 Å². The minimum absolute atomic E-state index is 0.245. The second-order valence-corrected chi connectivity index (χ2v) is 7.71. The summed E-state index contributed by atoms with van der Waals surface area (Å²) in [6, 6.07) is 6.18. The summed E-state index contributed by atoms with van der Waals surface area (Å²) in [4.78, 5) is 32.0. The van der Waals surface area contributed by atoms with Gasteiger partial charge in [0.2, 0.25) is 5.89 Å². The number of likely N-dealkylation sites (N-methyl/N-ethyl adjacent to an activating group) is 1. The Morgan fingerprint density at radius 2 is 1.90 bits per heavy atom. The fraction of sp³-hybridized carbons (Fsp3) is 0.524. The molecule has 2 heterocycles. The number of methoxy groups -OCH3 is 1. The van der Waals surface area contributed by atoms with Gasteiger partial charge >= 0.3 is 11.8 Å². The van der Waals surface area contributed by atoms with Crippen molar-refractivity contribution in [2.45, 2.75) is 38.5 Å². The molecule has 1 aliphatic carbocycles. The first-order valence-corrected chi connectivity index (χ1v) is 10.0. The summed E-state index contributed by atoms with van der Waals surface area (Å²) in [5.74, 6) is 1.13. The molecule has 0 unspecified atom stereocenters. The highest BCUT2D eigenvalue weighted by atomic mass is 16.5. The van der Waals surface area contributed by atoms with Gasteiger partial charge in [-0.2, -0.15) is 4.98 Å². The van der Waals surface area contributed by atoms with Gasteiger partial charge in [-0.3, -0.25) is 9.59 Å². The number of nitrogens with zero attached hydrogens (tertiary/aromatic N) is 4. The van der Waals surface area contributed by atoms with E-state index in [4.69, 9.17) is 9.26 Å². The SMILES string of the molecule is CCN1CCN(CCc2noc(C3(c4ccc(C)c(OC)c4)CC3)n2)C(=O)C1=O. The van der Waals surface area contributed by atoms with E-state index in [0.717, 1.165) is 29.7 Å². The number of ether oxygens (including phenoxy) is 1. The topological polar surface area (TPSA) is 88.8 Å². The van der Waals surface area contributed by atoms with Gasteiger partial charge in [0, 0.05) is 32.6 Å². The van der Waals surface area contributed by atoms with Crippen molar-refractivity contribution < 1.29 is 18.8 Å². The first kappa shape index (κ1) is 19.4. The van der Waals surface area contributed by atoms with Crippen LogP contribution in [0.3, 0.4) is 0 Å². The largest absolute Gasteiger partial charge is 0.496 e. The number of hydrogen-bond donors (Lipinski definition) is 0. The molecule has 2 fully saturated rings. The third-order valence-electron chi connectivity index (χ3n) is 5.97. The molecule has 154 valence electrons. The predicted octanol–water partition coefficient (Wildman–Crippen LogP) is 1.70. The Hall–Kier alpha value is -2.90. The number of aromatic nitrogens is 2. The van der Waals surface area contributed by atoms with E-state index in [1.807, 2.05) is 26.0 Å². The Morgan fingerprint density at radius 1 is 1.17 bits per heavy atom. The van der Waals surface area contributed by atoms with Crippen LogP contribution in [0.15, 0.2) is 22.7 Å². The maximum atomic E-state index is 12.2. The molecule has 4 rings (SSSR count). The highest BCUT2D eigenvalue weighted by molar-refractivity contribution is 6.35. The fourth-order valence-corrected chi connectivity index (χ4v) is 3.88. The highest BCUT2D eigenvalue weighted by Crippen LogP contribution is 2.53. The lowest BCUT2D eigenvalue weighted by atomic mass is 9.94. The van der Waals surface area contributed by atoms with Gasteiger partial charge in [0.05, 0.1) is 12.5 Å². The first-order valence-electron chi connectivity index (χ1n) is 10.0. The normalized spacial score (nSPS) is 18.3. The lowest BCUT2D eigenvalue weighted by Gasteiger charge is -2.32. The standard InChI is InChI=1S/C21H26N4O4/c1-4-24-11-12-25(19(27)18(24)26)10-7-17-22-20(29-23-17)21(8-9-21)15-6-5-14(2)16(13-15)28-3/h5-6,13H,4,7-12H2,1-3H3. The number of carbonyl (C=O) groups is 2. The molecule has 8 nitrogen and oxygen atoms in total. The van der Waals surface area contributed by atoms with Gasteiger partial charge in [0.15, 0.2) is 5.82 Å². The average Bonchev–Trinajstić information content (AvgIpc) is 3.40. The molecule has 1 saturated heterocycles. The fourth-order valence-electron chi connectivity index (χ4n) is 3.88. The number of carbonyl (C=O) groups excluding carboxylic acids is 2. The minimum atomic E-state index is -0.452.